The Balaban J connectivity index is 1.45. The summed E-state index contributed by atoms with van der Waals surface area (Å²) in [6.07, 6.45) is 0.645. The van der Waals surface area contributed by atoms with Crippen LogP contribution in [-0.2, 0) is 22.6 Å². The summed E-state index contributed by atoms with van der Waals surface area (Å²) >= 11 is 0. The first-order valence-corrected chi connectivity index (χ1v) is 9.02. The highest BCUT2D eigenvalue weighted by Crippen LogP contribution is 2.18. The van der Waals surface area contributed by atoms with E-state index in [9.17, 15) is 9.59 Å². The first-order valence-electron chi connectivity index (χ1n) is 9.02. The summed E-state index contributed by atoms with van der Waals surface area (Å²) in [4.78, 5) is 23.1. The van der Waals surface area contributed by atoms with Gasteiger partial charge in [0.25, 0.3) is 0 Å². The van der Waals surface area contributed by atoms with E-state index in [1.54, 1.807) is 12.1 Å². The van der Waals surface area contributed by atoms with E-state index in [0.717, 1.165) is 22.4 Å². The number of nitrogens with zero attached hydrogens (tertiary/aromatic N) is 2. The standard InChI is InChI=1S/C21H22N4O3/c1-14-3-7-17(8-4-14)21-25-24-20(28-21)12-11-19(27)22-13-16-5-9-18(10-6-16)23-15(2)26/h3-10H,11-13H2,1-2H3,(H,22,27)(H,23,26). The zero-order chi connectivity index (χ0) is 19.9. The van der Waals surface area contributed by atoms with Crippen LogP contribution >= 0.6 is 0 Å². The summed E-state index contributed by atoms with van der Waals surface area (Å²) in [6.45, 7) is 3.89. The van der Waals surface area contributed by atoms with Crippen molar-refractivity contribution in [2.45, 2.75) is 33.2 Å². The lowest BCUT2D eigenvalue weighted by Crippen LogP contribution is -2.23. The highest BCUT2D eigenvalue weighted by atomic mass is 16.4. The molecule has 0 saturated heterocycles. The molecule has 2 amide bonds. The predicted octanol–water partition coefficient (Wildman–Crippen LogP) is 3.25. The molecule has 0 saturated carbocycles. The molecule has 2 N–H and O–H groups in total. The maximum atomic E-state index is 12.1. The van der Waals surface area contributed by atoms with Crippen molar-refractivity contribution in [1.29, 1.82) is 0 Å². The van der Waals surface area contributed by atoms with Gasteiger partial charge in [0, 0.05) is 37.6 Å². The van der Waals surface area contributed by atoms with Crippen molar-refractivity contribution in [3.8, 4) is 11.5 Å². The number of anilines is 1. The van der Waals surface area contributed by atoms with Crippen molar-refractivity contribution < 1.29 is 14.0 Å². The first-order chi connectivity index (χ1) is 13.5. The minimum Gasteiger partial charge on any atom is -0.421 e. The number of aryl methyl sites for hydroxylation is 2. The van der Waals surface area contributed by atoms with Gasteiger partial charge >= 0.3 is 0 Å². The normalized spacial score (nSPS) is 10.5. The molecule has 0 aliphatic heterocycles. The second kappa shape index (κ2) is 8.94. The molecule has 28 heavy (non-hydrogen) atoms. The molecule has 0 unspecified atom stereocenters. The quantitative estimate of drug-likeness (QED) is 0.658. The van der Waals surface area contributed by atoms with Crippen molar-refractivity contribution in [3.05, 3.63) is 65.5 Å². The average molecular weight is 378 g/mol. The van der Waals surface area contributed by atoms with Gasteiger partial charge in [-0.3, -0.25) is 9.59 Å². The molecule has 3 aromatic rings. The lowest BCUT2D eigenvalue weighted by molar-refractivity contribution is -0.121. The van der Waals surface area contributed by atoms with Gasteiger partial charge in [-0.05, 0) is 36.8 Å². The predicted molar refractivity (Wildman–Crippen MR) is 105 cm³/mol. The molecule has 7 nitrogen and oxygen atoms in total. The maximum absolute atomic E-state index is 12.1. The summed E-state index contributed by atoms with van der Waals surface area (Å²) in [7, 11) is 0. The van der Waals surface area contributed by atoms with Crippen molar-refractivity contribution in [2.75, 3.05) is 5.32 Å². The van der Waals surface area contributed by atoms with Crippen molar-refractivity contribution in [3.63, 3.8) is 0 Å². The van der Waals surface area contributed by atoms with E-state index < -0.39 is 0 Å². The SMILES string of the molecule is CC(=O)Nc1ccc(CNC(=O)CCc2nnc(-c3ccc(C)cc3)o2)cc1. The molecule has 2 aromatic carbocycles. The van der Waals surface area contributed by atoms with Gasteiger partial charge in [0.15, 0.2) is 0 Å². The topological polar surface area (TPSA) is 97.1 Å². The summed E-state index contributed by atoms with van der Waals surface area (Å²) in [6, 6.07) is 15.1. The summed E-state index contributed by atoms with van der Waals surface area (Å²) in [5.74, 6) is 0.675. The van der Waals surface area contributed by atoms with Gasteiger partial charge in [-0.15, -0.1) is 10.2 Å². The zero-order valence-corrected chi connectivity index (χ0v) is 15.9. The number of aromatic nitrogens is 2. The molecule has 0 aliphatic rings. The van der Waals surface area contributed by atoms with Gasteiger partial charge in [-0.25, -0.2) is 0 Å². The van der Waals surface area contributed by atoms with E-state index in [0.29, 0.717) is 24.7 Å². The summed E-state index contributed by atoms with van der Waals surface area (Å²) in [5, 5.41) is 13.6. The van der Waals surface area contributed by atoms with Crippen molar-refractivity contribution in [1.82, 2.24) is 15.5 Å². The largest absolute Gasteiger partial charge is 0.421 e. The zero-order valence-electron chi connectivity index (χ0n) is 15.9. The second-order valence-electron chi connectivity index (χ2n) is 6.52. The fourth-order valence-electron chi connectivity index (χ4n) is 2.59. The van der Waals surface area contributed by atoms with Crippen LogP contribution in [0, 0.1) is 6.92 Å². The van der Waals surface area contributed by atoms with Gasteiger partial charge in [-0.1, -0.05) is 29.8 Å². The third-order valence-electron chi connectivity index (χ3n) is 4.10. The Morgan fingerprint density at radius 3 is 2.39 bits per heavy atom. The first kappa shape index (κ1) is 19.3. The van der Waals surface area contributed by atoms with Gasteiger partial charge in [0.05, 0.1) is 0 Å². The van der Waals surface area contributed by atoms with Crippen LogP contribution in [-0.4, -0.2) is 22.0 Å². The highest BCUT2D eigenvalue weighted by molar-refractivity contribution is 5.88. The van der Waals surface area contributed by atoms with Crippen LogP contribution in [0.3, 0.4) is 0 Å². The average Bonchev–Trinajstić information content (AvgIpc) is 3.15. The molecular formula is C21H22N4O3. The third kappa shape index (κ3) is 5.51. The van der Waals surface area contributed by atoms with Crippen LogP contribution in [0.1, 0.15) is 30.4 Å². The molecule has 0 spiro atoms. The summed E-state index contributed by atoms with van der Waals surface area (Å²) < 4.78 is 5.63. The van der Waals surface area contributed by atoms with E-state index >= 15 is 0 Å². The Labute approximate surface area is 163 Å². The van der Waals surface area contributed by atoms with Crippen molar-refractivity contribution >= 4 is 17.5 Å². The lowest BCUT2D eigenvalue weighted by atomic mass is 10.1. The molecule has 7 heteroatoms. The molecule has 0 fully saturated rings. The van der Waals surface area contributed by atoms with Crippen LogP contribution < -0.4 is 10.6 Å². The Bertz CT molecular complexity index is 947. The van der Waals surface area contributed by atoms with Gasteiger partial charge in [0.1, 0.15) is 0 Å². The van der Waals surface area contributed by atoms with E-state index in [1.807, 2.05) is 43.3 Å². The van der Waals surface area contributed by atoms with Crippen LogP contribution in [0.2, 0.25) is 0 Å². The Hall–Kier alpha value is -3.48. The van der Waals surface area contributed by atoms with Gasteiger partial charge < -0.3 is 15.1 Å². The Morgan fingerprint density at radius 1 is 1.00 bits per heavy atom. The number of nitrogens with one attached hydrogen (secondary N) is 2. The highest BCUT2D eigenvalue weighted by Gasteiger charge is 2.10. The molecule has 1 aromatic heterocycles. The molecule has 3 rings (SSSR count). The molecule has 0 radical (unpaired) electrons. The van der Waals surface area contributed by atoms with Crippen LogP contribution in [0.25, 0.3) is 11.5 Å². The van der Waals surface area contributed by atoms with Crippen molar-refractivity contribution in [2.24, 2.45) is 0 Å². The molecule has 1 heterocycles. The number of carbonyl (C=O) groups is 2. The smallest absolute Gasteiger partial charge is 0.247 e. The number of hydrogen-bond acceptors (Lipinski definition) is 5. The number of hydrogen-bond donors (Lipinski definition) is 2. The molecule has 0 bridgehead atoms. The second-order valence-corrected chi connectivity index (χ2v) is 6.52. The van der Waals surface area contributed by atoms with Crippen LogP contribution in [0.4, 0.5) is 5.69 Å². The minimum atomic E-state index is -0.118. The van der Waals surface area contributed by atoms with E-state index in [2.05, 4.69) is 20.8 Å². The number of amides is 2. The number of carbonyl (C=O) groups excluding carboxylic acids is 2. The number of benzene rings is 2. The monoisotopic (exact) mass is 378 g/mol. The molecule has 144 valence electrons. The summed E-state index contributed by atoms with van der Waals surface area (Å²) in [5.41, 5.74) is 3.69. The van der Waals surface area contributed by atoms with Crippen LogP contribution in [0.5, 0.6) is 0 Å². The van der Waals surface area contributed by atoms with Gasteiger partial charge in [0.2, 0.25) is 23.6 Å². The fraction of sp³-hybridized carbons (Fsp3) is 0.238. The van der Waals surface area contributed by atoms with E-state index in [1.165, 1.54) is 6.92 Å². The van der Waals surface area contributed by atoms with Gasteiger partial charge in [-0.2, -0.15) is 0 Å². The molecule has 0 atom stereocenters. The van der Waals surface area contributed by atoms with E-state index in [4.69, 9.17) is 4.42 Å². The minimum absolute atomic E-state index is 0.0963. The lowest BCUT2D eigenvalue weighted by Gasteiger charge is -2.06. The molecule has 0 aliphatic carbocycles. The third-order valence-corrected chi connectivity index (χ3v) is 4.10. The fourth-order valence-corrected chi connectivity index (χ4v) is 2.59. The maximum Gasteiger partial charge on any atom is 0.247 e. The Kier molecular flexibility index (Phi) is 6.16. The Morgan fingerprint density at radius 2 is 1.71 bits per heavy atom. The van der Waals surface area contributed by atoms with Crippen LogP contribution in [0.15, 0.2) is 52.9 Å². The van der Waals surface area contributed by atoms with E-state index in [-0.39, 0.29) is 18.2 Å². The molecular weight excluding hydrogens is 356 g/mol. The number of rotatable bonds is 7.